The lowest BCUT2D eigenvalue weighted by molar-refractivity contribution is 0.336. The number of ether oxygens (including phenoxy) is 1. The quantitative estimate of drug-likeness (QED) is 0.655. The number of hydrogen-bond acceptors (Lipinski definition) is 5. The van der Waals surface area contributed by atoms with Gasteiger partial charge in [0.25, 0.3) is 0 Å². The van der Waals surface area contributed by atoms with Crippen LogP contribution in [0.15, 0.2) is 17.2 Å². The van der Waals surface area contributed by atoms with Gasteiger partial charge in [0.15, 0.2) is 11.6 Å². The number of hydrogen-bond donors (Lipinski definition) is 1. The Hall–Kier alpha value is -2.67. The van der Waals surface area contributed by atoms with Gasteiger partial charge < -0.3 is 4.74 Å². The third-order valence-electron chi connectivity index (χ3n) is 1.82. The number of halogens is 2. The van der Waals surface area contributed by atoms with Crippen LogP contribution in [0.3, 0.4) is 0 Å². The van der Waals surface area contributed by atoms with Crippen molar-refractivity contribution in [3.63, 3.8) is 0 Å². The topological polar surface area (TPSA) is 81.2 Å². The predicted octanol–water partition coefficient (Wildman–Crippen LogP) is 2.18. The van der Waals surface area contributed by atoms with Crippen LogP contribution in [0.25, 0.3) is 0 Å². The van der Waals surface area contributed by atoms with Gasteiger partial charge in [-0.15, -0.1) is 0 Å². The maximum absolute atomic E-state index is 13.5. The highest BCUT2D eigenvalue weighted by atomic mass is 19.1. The van der Waals surface area contributed by atoms with Crippen molar-refractivity contribution in [3.8, 4) is 17.9 Å². The Morgan fingerprint density at radius 2 is 1.89 bits per heavy atom. The van der Waals surface area contributed by atoms with Crippen molar-refractivity contribution in [2.75, 3.05) is 12.0 Å². The largest absolute Gasteiger partial charge is 0.494 e. The minimum absolute atomic E-state index is 0.0443. The molecular formula is C11H8F2N4O. The molecule has 0 heterocycles. The molecule has 0 aromatic heterocycles. The summed E-state index contributed by atoms with van der Waals surface area (Å²) in [6.45, 7) is 1.95. The van der Waals surface area contributed by atoms with Crippen LogP contribution in [0, 0.1) is 34.3 Å². The van der Waals surface area contributed by atoms with Crippen molar-refractivity contribution in [2.24, 2.45) is 5.10 Å². The third kappa shape index (κ3) is 3.16. The van der Waals surface area contributed by atoms with E-state index in [9.17, 15) is 8.78 Å². The normalized spacial score (nSPS) is 8.94. The fourth-order valence-electron chi connectivity index (χ4n) is 1.09. The number of benzene rings is 1. The Morgan fingerprint density at radius 3 is 2.33 bits per heavy atom. The average Bonchev–Trinajstić information content (AvgIpc) is 2.33. The molecule has 7 heteroatoms. The number of nitriles is 2. The fourth-order valence-corrected chi connectivity index (χ4v) is 1.09. The maximum atomic E-state index is 13.5. The van der Waals surface area contributed by atoms with Gasteiger partial charge in [0.2, 0.25) is 5.71 Å². The third-order valence-corrected chi connectivity index (χ3v) is 1.82. The second-order valence-electron chi connectivity index (χ2n) is 2.99. The molecule has 18 heavy (non-hydrogen) atoms. The Labute approximate surface area is 102 Å². The number of anilines is 1. The van der Waals surface area contributed by atoms with Crippen LogP contribution < -0.4 is 10.2 Å². The van der Waals surface area contributed by atoms with Crippen molar-refractivity contribution < 1.29 is 13.5 Å². The Morgan fingerprint density at radius 1 is 1.33 bits per heavy atom. The molecule has 0 aliphatic rings. The molecule has 0 saturated carbocycles. The summed E-state index contributed by atoms with van der Waals surface area (Å²) in [5.74, 6) is -1.82. The van der Waals surface area contributed by atoms with E-state index in [1.807, 2.05) is 5.43 Å². The summed E-state index contributed by atoms with van der Waals surface area (Å²) >= 11 is 0. The molecule has 0 saturated heterocycles. The summed E-state index contributed by atoms with van der Waals surface area (Å²) < 4.78 is 31.9. The van der Waals surface area contributed by atoms with Gasteiger partial charge in [-0.1, -0.05) is 0 Å². The minimum Gasteiger partial charge on any atom is -0.494 e. The smallest absolute Gasteiger partial charge is 0.237 e. The van der Waals surface area contributed by atoms with E-state index < -0.39 is 23.0 Å². The SMILES string of the molecule is CCOc1cc(F)c(NN=C(C#N)C#N)c(F)c1. The highest BCUT2D eigenvalue weighted by Gasteiger charge is 2.11. The molecule has 1 N–H and O–H groups in total. The van der Waals surface area contributed by atoms with Gasteiger partial charge in [0.05, 0.1) is 6.61 Å². The molecule has 0 bridgehead atoms. The van der Waals surface area contributed by atoms with E-state index in [0.29, 0.717) is 0 Å². The molecule has 5 nitrogen and oxygen atoms in total. The van der Waals surface area contributed by atoms with Crippen molar-refractivity contribution in [3.05, 3.63) is 23.8 Å². The molecule has 0 unspecified atom stereocenters. The lowest BCUT2D eigenvalue weighted by Crippen LogP contribution is -2.02. The van der Waals surface area contributed by atoms with Crippen LogP contribution in [0.2, 0.25) is 0 Å². The van der Waals surface area contributed by atoms with Crippen molar-refractivity contribution >= 4 is 11.4 Å². The van der Waals surface area contributed by atoms with Crippen LogP contribution >= 0.6 is 0 Å². The molecule has 0 radical (unpaired) electrons. The molecule has 92 valence electrons. The molecule has 0 aliphatic carbocycles. The molecule has 0 aliphatic heterocycles. The lowest BCUT2D eigenvalue weighted by atomic mass is 10.3. The highest BCUT2D eigenvalue weighted by molar-refractivity contribution is 6.10. The van der Waals surface area contributed by atoms with Crippen molar-refractivity contribution in [2.45, 2.75) is 6.92 Å². The van der Waals surface area contributed by atoms with E-state index in [-0.39, 0.29) is 12.4 Å². The first kappa shape index (κ1) is 13.4. The zero-order valence-electron chi connectivity index (χ0n) is 9.37. The first-order valence-corrected chi connectivity index (χ1v) is 4.88. The Bertz CT molecular complexity index is 518. The van der Waals surface area contributed by atoms with Gasteiger partial charge in [0, 0.05) is 12.1 Å². The zero-order chi connectivity index (χ0) is 13.5. The number of nitrogens with one attached hydrogen (secondary N) is 1. The fraction of sp³-hybridized carbons (Fsp3) is 0.182. The van der Waals surface area contributed by atoms with Crippen LogP contribution in [-0.2, 0) is 0 Å². The molecule has 0 amide bonds. The standard InChI is InChI=1S/C11H8F2N4O/c1-2-18-8-3-9(12)11(10(13)4-8)17-16-7(5-14)6-15/h3-4,17H,2H2,1H3. The summed E-state index contributed by atoms with van der Waals surface area (Å²) in [4.78, 5) is 0. The van der Waals surface area contributed by atoms with Gasteiger partial charge in [-0.25, -0.2) is 8.78 Å². The van der Waals surface area contributed by atoms with E-state index in [0.717, 1.165) is 12.1 Å². The lowest BCUT2D eigenvalue weighted by Gasteiger charge is -2.07. The predicted molar refractivity (Wildman–Crippen MR) is 59.8 cm³/mol. The number of nitrogens with zero attached hydrogens (tertiary/aromatic N) is 3. The summed E-state index contributed by atoms with van der Waals surface area (Å²) in [6, 6.07) is 4.85. The second-order valence-corrected chi connectivity index (χ2v) is 2.99. The van der Waals surface area contributed by atoms with Crippen molar-refractivity contribution in [1.29, 1.82) is 10.5 Å². The molecule has 0 atom stereocenters. The van der Waals surface area contributed by atoms with E-state index in [4.69, 9.17) is 15.3 Å². The van der Waals surface area contributed by atoms with E-state index in [1.165, 1.54) is 12.1 Å². The first-order chi connectivity index (χ1) is 8.62. The zero-order valence-corrected chi connectivity index (χ0v) is 9.37. The Balaban J connectivity index is 3.02. The average molecular weight is 250 g/mol. The van der Waals surface area contributed by atoms with Gasteiger partial charge in [-0.3, -0.25) is 5.43 Å². The van der Waals surface area contributed by atoms with Gasteiger partial charge in [0.1, 0.15) is 23.6 Å². The Kier molecular flexibility index (Phi) is 4.58. The van der Waals surface area contributed by atoms with E-state index in [2.05, 4.69) is 5.10 Å². The van der Waals surface area contributed by atoms with Crippen molar-refractivity contribution in [1.82, 2.24) is 0 Å². The minimum atomic E-state index is -0.933. The monoisotopic (exact) mass is 250 g/mol. The summed E-state index contributed by atoms with van der Waals surface area (Å²) in [5, 5.41) is 20.1. The van der Waals surface area contributed by atoms with Crippen LogP contribution in [-0.4, -0.2) is 12.3 Å². The maximum Gasteiger partial charge on any atom is 0.237 e. The number of rotatable bonds is 4. The molecule has 0 fully saturated rings. The van der Waals surface area contributed by atoms with Crippen LogP contribution in [0.1, 0.15) is 6.92 Å². The van der Waals surface area contributed by atoms with Gasteiger partial charge in [-0.05, 0) is 6.92 Å². The summed E-state index contributed by atoms with van der Waals surface area (Å²) in [5.41, 5.74) is 0.896. The first-order valence-electron chi connectivity index (χ1n) is 4.88. The van der Waals surface area contributed by atoms with E-state index in [1.54, 1.807) is 6.92 Å². The second kappa shape index (κ2) is 6.16. The van der Waals surface area contributed by atoms with Crippen LogP contribution in [0.4, 0.5) is 14.5 Å². The molecule has 0 spiro atoms. The number of hydrazone groups is 1. The molecule has 1 rings (SSSR count). The molecule has 1 aromatic carbocycles. The summed E-state index contributed by atoms with van der Waals surface area (Å²) in [7, 11) is 0. The molecule has 1 aromatic rings. The van der Waals surface area contributed by atoms with E-state index >= 15 is 0 Å². The van der Waals surface area contributed by atoms with Crippen LogP contribution in [0.5, 0.6) is 5.75 Å². The van der Waals surface area contributed by atoms with Gasteiger partial charge >= 0.3 is 0 Å². The highest BCUT2D eigenvalue weighted by Crippen LogP contribution is 2.24. The molecular weight excluding hydrogens is 242 g/mol. The summed E-state index contributed by atoms with van der Waals surface area (Å²) in [6.07, 6.45) is 0. The van der Waals surface area contributed by atoms with Gasteiger partial charge in [-0.2, -0.15) is 15.6 Å².